The van der Waals surface area contributed by atoms with Crippen molar-refractivity contribution in [1.29, 1.82) is 0 Å². The lowest BCUT2D eigenvalue weighted by molar-refractivity contribution is -0.137. The van der Waals surface area contributed by atoms with Gasteiger partial charge < -0.3 is 4.52 Å². The number of hydrogen-bond acceptors (Lipinski definition) is 5. The van der Waals surface area contributed by atoms with Crippen LogP contribution >= 0.6 is 24.0 Å². The van der Waals surface area contributed by atoms with Crippen LogP contribution in [-0.4, -0.2) is 15.3 Å². The van der Waals surface area contributed by atoms with Crippen molar-refractivity contribution in [2.45, 2.75) is 52.1 Å². The molecule has 0 aliphatic carbocycles. The van der Waals surface area contributed by atoms with Crippen LogP contribution < -0.4 is 0 Å². The van der Waals surface area contributed by atoms with E-state index in [4.69, 9.17) is 9.51 Å². The highest BCUT2D eigenvalue weighted by atomic mass is 32.1. The molecule has 0 radical (unpaired) electrons. The van der Waals surface area contributed by atoms with Crippen molar-refractivity contribution in [2.24, 2.45) is 0 Å². The van der Waals surface area contributed by atoms with E-state index < -0.39 is 11.7 Å². The second kappa shape index (κ2) is 9.54. The first-order chi connectivity index (χ1) is 16.0. The second-order valence-corrected chi connectivity index (χ2v) is 10.1. The lowest BCUT2D eigenvalue weighted by Gasteiger charge is -2.06. The van der Waals surface area contributed by atoms with Crippen LogP contribution in [0.15, 0.2) is 40.9 Å². The van der Waals surface area contributed by atoms with Crippen molar-refractivity contribution in [3.05, 3.63) is 69.4 Å². The number of halogens is 3. The Balaban J connectivity index is 1.58. The van der Waals surface area contributed by atoms with E-state index >= 15 is 0 Å². The third kappa shape index (κ3) is 5.20. The Labute approximate surface area is 204 Å². The number of rotatable bonds is 7. The number of alkyl halides is 3. The largest absolute Gasteiger partial charge is 0.416 e. The number of fused-ring (bicyclic) bond motifs is 1. The number of carbonyl (C=O) groups excluding carboxylic acids is 1. The molecule has 4 aromatic rings. The van der Waals surface area contributed by atoms with Gasteiger partial charge in [0.1, 0.15) is 5.01 Å². The van der Waals surface area contributed by atoms with E-state index in [2.05, 4.69) is 17.8 Å². The zero-order valence-corrected chi connectivity index (χ0v) is 20.6. The zero-order valence-electron chi connectivity index (χ0n) is 18.9. The summed E-state index contributed by atoms with van der Waals surface area (Å²) in [6, 6.07) is 8.93. The van der Waals surface area contributed by atoms with Crippen molar-refractivity contribution in [1.82, 2.24) is 10.1 Å². The molecule has 2 aromatic carbocycles. The maximum atomic E-state index is 12.9. The number of hydrogen-bond donors (Lipinski definition) is 1. The number of benzene rings is 2. The monoisotopic (exact) mass is 504 g/mol. The van der Waals surface area contributed by atoms with Crippen LogP contribution in [-0.2, 0) is 30.2 Å². The van der Waals surface area contributed by atoms with Gasteiger partial charge in [0.05, 0.1) is 17.0 Å². The molecule has 0 unspecified atom stereocenters. The lowest BCUT2D eigenvalue weighted by atomic mass is 10.0. The van der Waals surface area contributed by atoms with Crippen molar-refractivity contribution in [3.63, 3.8) is 0 Å². The molecule has 9 heteroatoms. The van der Waals surface area contributed by atoms with Gasteiger partial charge in [0.15, 0.2) is 10.7 Å². The fourth-order valence-corrected chi connectivity index (χ4v) is 5.26. The highest BCUT2D eigenvalue weighted by Crippen LogP contribution is 2.35. The van der Waals surface area contributed by atoms with Gasteiger partial charge in [-0.15, -0.1) is 24.0 Å². The first-order valence-electron chi connectivity index (χ1n) is 10.8. The van der Waals surface area contributed by atoms with Crippen LogP contribution in [0.25, 0.3) is 21.5 Å². The van der Waals surface area contributed by atoms with Crippen LogP contribution in [0.5, 0.6) is 0 Å². The molecule has 2 aromatic heterocycles. The normalized spacial score (nSPS) is 12.1. The molecule has 0 saturated carbocycles. The Bertz CT molecular complexity index is 1340. The summed E-state index contributed by atoms with van der Waals surface area (Å²) in [6.07, 6.45) is -2.82. The molecule has 4 rings (SSSR count). The summed E-state index contributed by atoms with van der Waals surface area (Å²) < 4.78 is 44.2. The topological polar surface area (TPSA) is 56.0 Å². The number of aryl methyl sites for hydroxylation is 3. The molecular weight excluding hydrogens is 481 g/mol. The van der Waals surface area contributed by atoms with E-state index in [1.165, 1.54) is 23.5 Å². The summed E-state index contributed by atoms with van der Waals surface area (Å²) >= 11 is 5.36. The van der Waals surface area contributed by atoms with Crippen molar-refractivity contribution in [3.8, 4) is 10.6 Å². The Morgan fingerprint density at radius 3 is 2.47 bits per heavy atom. The van der Waals surface area contributed by atoms with Gasteiger partial charge in [0.25, 0.3) is 0 Å². The van der Waals surface area contributed by atoms with Gasteiger partial charge >= 0.3 is 6.18 Å². The zero-order chi connectivity index (χ0) is 24.6. The first-order valence-corrected chi connectivity index (χ1v) is 12.1. The molecule has 0 fully saturated rings. The minimum absolute atomic E-state index is 0.173. The quantitative estimate of drug-likeness (QED) is 0.271. The van der Waals surface area contributed by atoms with Crippen LogP contribution in [0.1, 0.15) is 52.7 Å². The summed E-state index contributed by atoms with van der Waals surface area (Å²) in [5.41, 5.74) is 4.22. The molecule has 2 heterocycles. The predicted octanol–water partition coefficient (Wildman–Crippen LogP) is 7.19. The molecular formula is C25H23F3N2O2S2. The fraction of sp³-hybridized carbons (Fsp3) is 0.320. The van der Waals surface area contributed by atoms with E-state index in [-0.39, 0.29) is 17.5 Å². The Kier molecular flexibility index (Phi) is 6.87. The number of nitrogens with zero attached hydrogens (tertiary/aromatic N) is 2. The lowest BCUT2D eigenvalue weighted by Crippen LogP contribution is -2.03. The van der Waals surface area contributed by atoms with Gasteiger partial charge in [-0.05, 0) is 61.1 Å². The van der Waals surface area contributed by atoms with Gasteiger partial charge in [-0.3, -0.25) is 4.79 Å². The maximum Gasteiger partial charge on any atom is 0.416 e. The van der Waals surface area contributed by atoms with Gasteiger partial charge in [-0.1, -0.05) is 31.1 Å². The van der Waals surface area contributed by atoms with Gasteiger partial charge in [0, 0.05) is 22.2 Å². The fourth-order valence-electron chi connectivity index (χ4n) is 3.87. The third-order valence-corrected chi connectivity index (χ3v) is 7.01. The molecule has 34 heavy (non-hydrogen) atoms. The minimum Gasteiger partial charge on any atom is -0.356 e. The van der Waals surface area contributed by atoms with Crippen molar-refractivity contribution < 1.29 is 22.5 Å². The van der Waals surface area contributed by atoms with E-state index in [0.717, 1.165) is 44.9 Å². The highest BCUT2D eigenvalue weighted by molar-refractivity contribution is 7.96. The van der Waals surface area contributed by atoms with Crippen LogP contribution in [0.2, 0.25) is 0 Å². The number of carbonyl (C=O) groups is 1. The first kappa shape index (κ1) is 24.5. The van der Waals surface area contributed by atoms with Gasteiger partial charge in [-0.25, -0.2) is 4.98 Å². The van der Waals surface area contributed by atoms with E-state index in [1.807, 2.05) is 32.9 Å². The number of thiol groups is 1. The number of aromatic nitrogens is 2. The SMILES string of the molecule is Cc1cc2c(CCc3sc(-c4ccc(C(F)(F)F)cc4)nc3C(C)C)noc2cc1CC(=O)S. The molecule has 0 spiro atoms. The standard InChI is InChI=1S/C25H23F3N2O2S2/c1-13(2)23-21(34-24(29-23)15-4-6-17(7-5-15)25(26,27)28)9-8-19-18-10-14(3)16(12-22(31)33)11-20(18)32-30-19/h4-7,10-11,13H,8-9,12H2,1-3H3,(H,31,33). The maximum absolute atomic E-state index is 12.9. The molecule has 0 aliphatic heterocycles. The molecule has 0 amide bonds. The van der Waals surface area contributed by atoms with Crippen molar-refractivity contribution >= 4 is 40.1 Å². The van der Waals surface area contributed by atoms with E-state index in [9.17, 15) is 18.0 Å². The highest BCUT2D eigenvalue weighted by Gasteiger charge is 2.30. The second-order valence-electron chi connectivity index (χ2n) is 8.53. The summed E-state index contributed by atoms with van der Waals surface area (Å²) in [5, 5.41) is 5.64. The third-order valence-electron chi connectivity index (χ3n) is 5.67. The predicted molar refractivity (Wildman–Crippen MR) is 130 cm³/mol. The summed E-state index contributed by atoms with van der Waals surface area (Å²) in [6.45, 7) is 6.04. The molecule has 0 bridgehead atoms. The van der Waals surface area contributed by atoms with E-state index in [0.29, 0.717) is 29.0 Å². The molecule has 4 nitrogen and oxygen atoms in total. The minimum atomic E-state index is -4.36. The van der Waals surface area contributed by atoms with Crippen LogP contribution in [0.4, 0.5) is 13.2 Å². The van der Waals surface area contributed by atoms with Crippen LogP contribution in [0.3, 0.4) is 0 Å². The van der Waals surface area contributed by atoms with Crippen molar-refractivity contribution in [2.75, 3.05) is 0 Å². The Morgan fingerprint density at radius 1 is 1.15 bits per heavy atom. The molecule has 0 aliphatic rings. The Hall–Kier alpha value is -2.65. The average Bonchev–Trinajstić information content (AvgIpc) is 3.36. The summed E-state index contributed by atoms with van der Waals surface area (Å²) in [7, 11) is 0. The smallest absolute Gasteiger partial charge is 0.356 e. The molecule has 0 atom stereocenters. The summed E-state index contributed by atoms with van der Waals surface area (Å²) in [4.78, 5) is 17.2. The average molecular weight is 505 g/mol. The summed E-state index contributed by atoms with van der Waals surface area (Å²) in [5.74, 6) is 0.173. The van der Waals surface area contributed by atoms with Gasteiger partial charge in [0.2, 0.25) is 0 Å². The van der Waals surface area contributed by atoms with Crippen LogP contribution in [0, 0.1) is 6.92 Å². The molecule has 178 valence electrons. The number of thiazole rings is 1. The molecule has 0 N–H and O–H groups in total. The molecule has 0 saturated heterocycles. The van der Waals surface area contributed by atoms with E-state index in [1.54, 1.807) is 0 Å². The van der Waals surface area contributed by atoms with Gasteiger partial charge in [-0.2, -0.15) is 13.2 Å². The Morgan fingerprint density at radius 2 is 1.85 bits per heavy atom.